The maximum absolute atomic E-state index is 13.8. The molecule has 2 aromatic rings. The minimum Gasteiger partial charge on any atom is -0.439 e. The molecule has 2 fully saturated rings. The second-order valence-electron chi connectivity index (χ2n) is 10.7. The number of nitrogens with one attached hydrogen (secondary N) is 1. The van der Waals surface area contributed by atoms with E-state index in [1.165, 1.54) is 4.90 Å². The van der Waals surface area contributed by atoms with Crippen molar-refractivity contribution in [3.05, 3.63) is 59.4 Å². The number of anilines is 1. The topological polar surface area (TPSA) is 116 Å². The van der Waals surface area contributed by atoms with Crippen molar-refractivity contribution in [2.24, 2.45) is 0 Å². The third kappa shape index (κ3) is 5.25. The predicted octanol–water partition coefficient (Wildman–Crippen LogP) is 3.75. The molecule has 0 aliphatic carbocycles. The minimum absolute atomic E-state index is 0.0371. The maximum atomic E-state index is 13.8. The van der Waals surface area contributed by atoms with Crippen LogP contribution in [0.2, 0.25) is 0 Å². The van der Waals surface area contributed by atoms with Crippen LogP contribution >= 0.6 is 0 Å². The molecule has 3 aliphatic rings. The number of rotatable bonds is 5. The number of ether oxygens (including phenoxy) is 1. The van der Waals surface area contributed by atoms with Crippen LogP contribution in [0.1, 0.15) is 30.4 Å². The smallest absolute Gasteiger partial charge is 0.430 e. The van der Waals surface area contributed by atoms with Gasteiger partial charge in [-0.2, -0.15) is 26.3 Å². The standard InChI is InChI=1S/C26H24F7N3O6S/c27-17-3-6-19(7-4-17)43(40,41)36-18(12-21(37)35-10-9-23(14-35)13-34-22(38)42-23)5-1-15-11-16(2-8-20(15)36)24(39,25(28,29)30)26(31,32)33/h2-4,6-8,11,18,39H,1,5,9-10,12-14H2,(H,34,38). The van der Waals surface area contributed by atoms with Gasteiger partial charge in [-0.05, 0) is 48.7 Å². The number of aliphatic hydroxyl groups is 1. The van der Waals surface area contributed by atoms with Crippen LogP contribution in [0.25, 0.3) is 0 Å². The number of sulfonamides is 1. The Kier molecular flexibility index (Phi) is 7.35. The molecule has 2 aromatic carbocycles. The van der Waals surface area contributed by atoms with E-state index in [1.54, 1.807) is 0 Å². The van der Waals surface area contributed by atoms with E-state index in [4.69, 9.17) is 4.74 Å². The summed E-state index contributed by atoms with van der Waals surface area (Å²) in [4.78, 5) is 25.8. The van der Waals surface area contributed by atoms with E-state index in [0.29, 0.717) is 18.6 Å². The molecule has 0 bridgehead atoms. The molecule has 2 saturated heterocycles. The molecular weight excluding hydrogens is 615 g/mol. The van der Waals surface area contributed by atoms with Gasteiger partial charge in [0.15, 0.2) is 5.60 Å². The average Bonchev–Trinajstić information content (AvgIpc) is 3.51. The van der Waals surface area contributed by atoms with E-state index in [0.717, 1.165) is 34.6 Å². The molecule has 1 spiro atoms. The molecule has 0 aromatic heterocycles. The molecule has 2 N–H and O–H groups in total. The minimum atomic E-state index is -6.15. The fraction of sp³-hybridized carbons (Fsp3) is 0.462. The first-order valence-corrected chi connectivity index (χ1v) is 14.4. The summed E-state index contributed by atoms with van der Waals surface area (Å²) < 4.78 is 128. The Morgan fingerprint density at radius 1 is 1.07 bits per heavy atom. The third-order valence-corrected chi connectivity index (χ3v) is 9.83. The van der Waals surface area contributed by atoms with Gasteiger partial charge in [-0.1, -0.05) is 12.1 Å². The Morgan fingerprint density at radius 2 is 1.72 bits per heavy atom. The lowest BCUT2D eigenvalue weighted by molar-refractivity contribution is -0.376. The first-order valence-electron chi connectivity index (χ1n) is 12.9. The zero-order chi connectivity index (χ0) is 31.6. The van der Waals surface area contributed by atoms with Crippen LogP contribution in [-0.2, 0) is 31.6 Å². The lowest BCUT2D eigenvalue weighted by Gasteiger charge is -2.39. The number of alkyl carbamates (subject to hydrolysis) is 1. The van der Waals surface area contributed by atoms with E-state index in [-0.39, 0.29) is 43.7 Å². The summed E-state index contributed by atoms with van der Waals surface area (Å²) in [6.45, 7) is 0.399. The van der Waals surface area contributed by atoms with Crippen LogP contribution in [-0.4, -0.2) is 74.1 Å². The molecule has 2 amide bonds. The third-order valence-electron chi connectivity index (χ3n) is 7.95. The number of carbonyl (C=O) groups excluding carboxylic acids is 2. The van der Waals surface area contributed by atoms with Gasteiger partial charge in [-0.25, -0.2) is 17.6 Å². The van der Waals surface area contributed by atoms with Crippen molar-refractivity contribution in [1.82, 2.24) is 10.2 Å². The number of amides is 2. The van der Waals surface area contributed by atoms with E-state index in [1.807, 2.05) is 0 Å². The summed E-state index contributed by atoms with van der Waals surface area (Å²) in [5.41, 5.74) is -8.26. The van der Waals surface area contributed by atoms with Gasteiger partial charge in [0.1, 0.15) is 5.82 Å². The second-order valence-corrected chi connectivity index (χ2v) is 12.5. The molecule has 3 heterocycles. The molecule has 2 atom stereocenters. The highest BCUT2D eigenvalue weighted by Crippen LogP contribution is 2.51. The Labute approximate surface area is 240 Å². The van der Waals surface area contributed by atoms with Crippen LogP contribution in [0.5, 0.6) is 0 Å². The number of alkyl halides is 6. The molecule has 2 unspecified atom stereocenters. The Hall–Kier alpha value is -3.60. The van der Waals surface area contributed by atoms with Gasteiger partial charge in [-0.15, -0.1) is 0 Å². The van der Waals surface area contributed by atoms with E-state index in [9.17, 15) is 53.8 Å². The van der Waals surface area contributed by atoms with Crippen molar-refractivity contribution in [3.63, 3.8) is 0 Å². The Balaban J connectivity index is 1.52. The van der Waals surface area contributed by atoms with Gasteiger partial charge in [0, 0.05) is 24.9 Å². The van der Waals surface area contributed by atoms with Gasteiger partial charge in [0.25, 0.3) is 15.6 Å². The molecule has 9 nitrogen and oxygen atoms in total. The predicted molar refractivity (Wildman–Crippen MR) is 134 cm³/mol. The molecule has 17 heteroatoms. The summed E-state index contributed by atoms with van der Waals surface area (Å²) in [7, 11) is -4.64. The first-order chi connectivity index (χ1) is 19.9. The van der Waals surface area contributed by atoms with E-state index >= 15 is 0 Å². The number of benzene rings is 2. The maximum Gasteiger partial charge on any atom is 0.430 e. The SMILES string of the molecule is O=C1NCC2(CCN(C(=O)CC3CCc4cc(C(O)(C(F)(F)F)C(F)(F)F)ccc4N3S(=O)(=O)c3ccc(F)cc3)C2)O1. The molecular formula is C26H24F7N3O6S. The summed E-state index contributed by atoms with van der Waals surface area (Å²) in [5.74, 6) is -1.29. The fourth-order valence-corrected chi connectivity index (χ4v) is 7.42. The largest absolute Gasteiger partial charge is 0.439 e. The molecule has 234 valence electrons. The van der Waals surface area contributed by atoms with Crippen LogP contribution in [0.4, 0.5) is 41.2 Å². The highest BCUT2D eigenvalue weighted by molar-refractivity contribution is 7.92. The molecule has 0 saturated carbocycles. The number of hydrogen-bond acceptors (Lipinski definition) is 6. The number of carbonyl (C=O) groups is 2. The zero-order valence-electron chi connectivity index (χ0n) is 22.0. The van der Waals surface area contributed by atoms with Crippen molar-refractivity contribution >= 4 is 27.7 Å². The van der Waals surface area contributed by atoms with Gasteiger partial charge in [-0.3, -0.25) is 9.10 Å². The number of hydrogen-bond donors (Lipinski definition) is 2. The fourth-order valence-electron chi connectivity index (χ4n) is 5.70. The number of fused-ring (bicyclic) bond motifs is 1. The van der Waals surface area contributed by atoms with Crippen molar-refractivity contribution in [2.45, 2.75) is 60.2 Å². The van der Waals surface area contributed by atoms with Crippen molar-refractivity contribution in [1.29, 1.82) is 0 Å². The normalized spacial score (nSPS) is 22.9. The van der Waals surface area contributed by atoms with E-state index < -0.39 is 74.3 Å². The number of aryl methyl sites for hydroxylation is 1. The summed E-state index contributed by atoms with van der Waals surface area (Å²) in [6, 6.07) is 3.96. The quantitative estimate of drug-likeness (QED) is 0.482. The van der Waals surface area contributed by atoms with Crippen LogP contribution in [0.3, 0.4) is 0 Å². The van der Waals surface area contributed by atoms with E-state index in [2.05, 4.69) is 5.32 Å². The highest BCUT2D eigenvalue weighted by atomic mass is 32.2. The average molecular weight is 640 g/mol. The van der Waals surface area contributed by atoms with Crippen molar-refractivity contribution in [3.8, 4) is 0 Å². The van der Waals surface area contributed by atoms with Crippen LogP contribution < -0.4 is 9.62 Å². The van der Waals surface area contributed by atoms with Crippen LogP contribution in [0, 0.1) is 5.82 Å². The Bertz CT molecular complexity index is 1530. The molecule has 5 rings (SSSR count). The van der Waals surface area contributed by atoms with Gasteiger partial charge in [0.05, 0.1) is 29.7 Å². The number of likely N-dealkylation sites (tertiary alicyclic amines) is 1. The highest BCUT2D eigenvalue weighted by Gasteiger charge is 2.71. The zero-order valence-corrected chi connectivity index (χ0v) is 22.8. The van der Waals surface area contributed by atoms with Gasteiger partial charge < -0.3 is 20.1 Å². The molecule has 0 radical (unpaired) electrons. The van der Waals surface area contributed by atoms with Gasteiger partial charge in [0.2, 0.25) is 5.91 Å². The lowest BCUT2D eigenvalue weighted by Crippen LogP contribution is -2.54. The van der Waals surface area contributed by atoms with Crippen LogP contribution in [0.15, 0.2) is 47.4 Å². The Morgan fingerprint density at radius 3 is 2.30 bits per heavy atom. The van der Waals surface area contributed by atoms with Crippen molar-refractivity contribution < 1.29 is 58.6 Å². The molecule has 43 heavy (non-hydrogen) atoms. The van der Waals surface area contributed by atoms with Crippen molar-refractivity contribution in [2.75, 3.05) is 23.9 Å². The first kappa shape index (κ1) is 30.8. The van der Waals surface area contributed by atoms with Gasteiger partial charge >= 0.3 is 18.4 Å². The summed E-state index contributed by atoms with van der Waals surface area (Å²) in [5, 5.41) is 12.4. The molecule has 3 aliphatic heterocycles. The lowest BCUT2D eigenvalue weighted by atomic mass is 9.87. The second kappa shape index (κ2) is 10.2. The summed E-state index contributed by atoms with van der Waals surface area (Å²) in [6.07, 6.45) is -13.5. The monoisotopic (exact) mass is 639 g/mol. The summed E-state index contributed by atoms with van der Waals surface area (Å²) >= 11 is 0. The number of nitrogens with zero attached hydrogens (tertiary/aromatic N) is 2. The number of halogens is 7.